The van der Waals surface area contributed by atoms with Crippen molar-refractivity contribution in [1.29, 1.82) is 0 Å². The second-order valence-electron chi connectivity index (χ2n) is 44.3. The van der Waals surface area contributed by atoms with Crippen molar-refractivity contribution in [2.24, 2.45) is 0 Å². The highest BCUT2D eigenvalue weighted by molar-refractivity contribution is 6.19. The van der Waals surface area contributed by atoms with Gasteiger partial charge in [0.25, 0.3) is 0 Å². The van der Waals surface area contributed by atoms with Gasteiger partial charge in [0, 0.05) is 55.2 Å². The first-order chi connectivity index (χ1) is 65.7. The molecule has 4 heterocycles. The van der Waals surface area contributed by atoms with E-state index in [1.54, 1.807) is 0 Å². The molecule has 0 saturated carbocycles. The fraction of sp³-hybridized carbons (Fsp3) is 0.182. The van der Waals surface area contributed by atoms with E-state index < -0.39 is 0 Å². The van der Waals surface area contributed by atoms with Crippen molar-refractivity contribution in [2.45, 2.75) is 157 Å². The van der Waals surface area contributed by atoms with Crippen molar-refractivity contribution < 1.29 is 0 Å². The molecule has 2 aliphatic heterocycles. The first-order valence-electron chi connectivity index (χ1n) is 48.8. The van der Waals surface area contributed by atoms with Crippen LogP contribution in [0.5, 0.6) is 0 Å². The van der Waals surface area contributed by atoms with E-state index >= 15 is 0 Å². The molecule has 20 aromatic rings. The van der Waals surface area contributed by atoms with Gasteiger partial charge in [-0.15, -0.1) is 0 Å². The predicted octanol–water partition coefficient (Wildman–Crippen LogP) is 37.7. The van der Waals surface area contributed by atoms with Gasteiger partial charge in [0.2, 0.25) is 0 Å². The van der Waals surface area contributed by atoms with Gasteiger partial charge in [-0.3, -0.25) is 0 Å². The zero-order valence-corrected chi connectivity index (χ0v) is 82.3. The molecule has 5 nitrogen and oxygen atoms in total. The number of hydrogen-bond donors (Lipinski definition) is 0. The van der Waals surface area contributed by atoms with Crippen LogP contribution in [-0.2, 0) is 32.5 Å². The molecule has 2 aromatic heterocycles. The summed E-state index contributed by atoms with van der Waals surface area (Å²) in [6.45, 7) is 42.4. The molecule has 22 rings (SSSR count). The van der Waals surface area contributed by atoms with E-state index in [-0.39, 0.29) is 32.5 Å². The molecule has 0 amide bonds. The van der Waals surface area contributed by atoms with Crippen LogP contribution in [0.15, 0.2) is 394 Å². The highest BCUT2D eigenvalue weighted by Crippen LogP contribution is 2.68. The lowest BCUT2D eigenvalue weighted by Crippen LogP contribution is -2.31. The van der Waals surface area contributed by atoms with E-state index in [1.165, 1.54) is 54.9 Å². The van der Waals surface area contributed by atoms with Crippen LogP contribution >= 0.6 is 0 Å². The van der Waals surface area contributed by atoms with Crippen LogP contribution in [0.2, 0.25) is 0 Å². The average molecular weight is 1780 g/mol. The van der Waals surface area contributed by atoms with Crippen molar-refractivity contribution in [3.63, 3.8) is 0 Å². The molecule has 2 aliphatic rings. The van der Waals surface area contributed by atoms with Crippen LogP contribution in [0.3, 0.4) is 0 Å². The average Bonchev–Trinajstić information content (AvgIpc) is 1.10. The van der Waals surface area contributed by atoms with E-state index in [4.69, 9.17) is 0 Å². The Bertz CT molecular complexity index is 7360. The molecule has 137 heavy (non-hydrogen) atoms. The topological polar surface area (TPSA) is 19.6 Å². The zero-order chi connectivity index (χ0) is 94.7. The number of aromatic nitrogens is 2. The molecule has 0 unspecified atom stereocenters. The van der Waals surface area contributed by atoms with Crippen molar-refractivity contribution >= 4 is 94.8 Å². The van der Waals surface area contributed by atoms with Gasteiger partial charge in [0.05, 0.1) is 73.3 Å². The van der Waals surface area contributed by atoms with Crippen LogP contribution in [0.4, 0.5) is 51.2 Å². The van der Waals surface area contributed by atoms with Crippen LogP contribution in [-0.4, -0.2) is 9.13 Å². The van der Waals surface area contributed by atoms with E-state index in [9.17, 15) is 0 Å². The monoisotopic (exact) mass is 1770 g/mol. The molecule has 18 aromatic carbocycles. The lowest BCUT2D eigenvalue weighted by Gasteiger charge is -2.48. The number of rotatable bonds is 13. The smallest absolute Gasteiger partial charge is 0.0948 e. The molecular formula is C132H119N5. The number of fused-ring (bicyclic) bond motifs is 10. The van der Waals surface area contributed by atoms with Gasteiger partial charge >= 0.3 is 0 Å². The largest absolute Gasteiger partial charge is 0.309 e. The van der Waals surface area contributed by atoms with E-state index in [0.717, 1.165) is 185 Å². The van der Waals surface area contributed by atoms with E-state index in [1.807, 2.05) is 0 Å². The minimum Gasteiger partial charge on any atom is -0.309 e. The fourth-order valence-electron chi connectivity index (χ4n) is 21.1. The lowest BCUT2D eigenvalue weighted by molar-refractivity contribution is 0.569. The van der Waals surface area contributed by atoms with Gasteiger partial charge in [0.1, 0.15) is 0 Å². The maximum Gasteiger partial charge on any atom is 0.0948 e. The van der Waals surface area contributed by atoms with Crippen LogP contribution < -0.4 is 14.7 Å². The molecule has 0 aliphatic carbocycles. The highest BCUT2D eigenvalue weighted by Gasteiger charge is 2.44. The molecule has 0 bridgehead atoms. The summed E-state index contributed by atoms with van der Waals surface area (Å²) in [7, 11) is 0. The fourth-order valence-corrected chi connectivity index (χ4v) is 21.1. The Balaban J connectivity index is 0.941. The first kappa shape index (κ1) is 87.3. The molecule has 0 saturated heterocycles. The Hall–Kier alpha value is -15.0. The summed E-state index contributed by atoms with van der Waals surface area (Å²) in [6, 6.07) is 152. The summed E-state index contributed by atoms with van der Waals surface area (Å²) in [5.41, 5.74) is 42.8. The summed E-state index contributed by atoms with van der Waals surface area (Å²) in [5, 5.41) is 4.93. The summed E-state index contributed by atoms with van der Waals surface area (Å²) in [4.78, 5) is 8.16. The Kier molecular flexibility index (Phi) is 21.0. The minimum atomic E-state index is -0.240. The number of anilines is 9. The third-order valence-electron chi connectivity index (χ3n) is 28.8. The minimum absolute atomic E-state index is 0.113. The van der Waals surface area contributed by atoms with Crippen LogP contribution in [0, 0.1) is 0 Å². The SMILES string of the molecule is CC(C)(C)c1cc(-c2cc3c4c(c2)N(c2c(-c5cccc(-c6ccccc6)c5)cccc2-c2cccc(-c5ccccc5)c2)c2cc(-n5c6ccc(C(C)(C)C)cc6c6cc(C(C)(C)C)ccc65)ccc2N4c2ccc(-n4c5ccc(C(C)(C)C)cc5c5cc(C(C)(C)C)ccc54)cc2N3c2c(-c3cccc(-c4ccccc4)c3)cccc2-c2cccc(-c3ccccc3)c2)cc(C(C)(C)C)c1. The summed E-state index contributed by atoms with van der Waals surface area (Å²) in [6.07, 6.45) is 0. The third kappa shape index (κ3) is 15.6. The van der Waals surface area contributed by atoms with Crippen LogP contribution in [0.25, 0.3) is 155 Å². The Labute approximate surface area is 809 Å². The molecule has 0 radical (unpaired) electrons. The van der Waals surface area contributed by atoms with Gasteiger partial charge in [-0.25, -0.2) is 0 Å². The first-order valence-corrected chi connectivity index (χ1v) is 48.8. The van der Waals surface area contributed by atoms with Crippen LogP contribution in [0.1, 0.15) is 158 Å². The molecular weight excluding hydrogens is 1660 g/mol. The van der Waals surface area contributed by atoms with Crippen molar-refractivity contribution in [3.8, 4) is 112 Å². The van der Waals surface area contributed by atoms with Crippen molar-refractivity contribution in [2.75, 3.05) is 14.7 Å². The molecule has 672 valence electrons. The Morgan fingerprint density at radius 1 is 0.146 bits per heavy atom. The molecule has 0 N–H and O–H groups in total. The van der Waals surface area contributed by atoms with E-state index in [2.05, 4.69) is 543 Å². The van der Waals surface area contributed by atoms with Crippen molar-refractivity contribution in [3.05, 3.63) is 428 Å². The summed E-state index contributed by atoms with van der Waals surface area (Å²) >= 11 is 0. The van der Waals surface area contributed by atoms with Gasteiger partial charge in [-0.1, -0.05) is 398 Å². The zero-order valence-electron chi connectivity index (χ0n) is 82.3. The molecule has 0 fully saturated rings. The van der Waals surface area contributed by atoms with Gasteiger partial charge in [-0.05, 0) is 265 Å². The second kappa shape index (κ2) is 32.9. The summed E-state index contributed by atoms with van der Waals surface area (Å²) in [5.74, 6) is 0. The molecule has 5 heteroatoms. The third-order valence-corrected chi connectivity index (χ3v) is 28.8. The maximum atomic E-state index is 2.74. The quantitative estimate of drug-likeness (QED) is 0.115. The standard InChI is InChI=1S/C132H119N5/c1-127(2,3)98-57-63-114-110(78-98)111-79-99(128(4,5)6)58-64-115(111)133(114)104-61-67-118-120(82-104)136(124-106(92-49-31-45-88(69-92)84-37-23-19-24-38-84)53-35-54-107(124)93-50-32-46-89(70-93)85-39-25-20-26-40-85)122-75-97(96-73-102(131(13,14)15)77-103(74-96)132(16,17)18)76-123-126(122)135(118)119-68-62-105(134-116-65-59-100(129(7,8)9)80-112(116)113-81-101(130(10,11)12)60-66-117(113)134)83-121(119)137(123)125-108(94-51-33-47-90(71-94)86-41-27-21-28-42-86)55-36-56-109(125)95-52-34-48-91(72-95)87-43-29-22-30-44-87/h19-83H,1-18H3. The Morgan fingerprint density at radius 3 is 0.657 bits per heavy atom. The number of hydrogen-bond acceptors (Lipinski definition) is 3. The number of para-hydroxylation sites is 2. The molecule has 0 spiro atoms. The van der Waals surface area contributed by atoms with Gasteiger partial charge in [-0.2, -0.15) is 0 Å². The molecule has 0 atom stereocenters. The highest BCUT2D eigenvalue weighted by atomic mass is 15.3. The lowest BCUT2D eigenvalue weighted by atomic mass is 9.78. The second-order valence-corrected chi connectivity index (χ2v) is 44.3. The Morgan fingerprint density at radius 2 is 0.387 bits per heavy atom. The predicted molar refractivity (Wildman–Crippen MR) is 587 cm³/mol. The van der Waals surface area contributed by atoms with Gasteiger partial charge < -0.3 is 23.8 Å². The maximum absolute atomic E-state index is 2.74. The van der Waals surface area contributed by atoms with Gasteiger partial charge in [0.15, 0.2) is 0 Å². The summed E-state index contributed by atoms with van der Waals surface area (Å²) < 4.78 is 5.14. The number of benzene rings is 18. The number of nitrogens with zero attached hydrogens (tertiary/aromatic N) is 5. The van der Waals surface area contributed by atoms with E-state index in [0.29, 0.717) is 0 Å². The normalized spacial score (nSPS) is 13.0. The van der Waals surface area contributed by atoms with Crippen molar-refractivity contribution in [1.82, 2.24) is 9.13 Å².